The summed E-state index contributed by atoms with van der Waals surface area (Å²) in [7, 11) is 2.11. The molecule has 1 aliphatic heterocycles. The highest BCUT2D eigenvalue weighted by molar-refractivity contribution is 5.94. The normalized spacial score (nSPS) is 15.4. The highest BCUT2D eigenvalue weighted by Gasteiger charge is 2.32. The van der Waals surface area contributed by atoms with Crippen LogP contribution < -0.4 is 10.2 Å². The van der Waals surface area contributed by atoms with Gasteiger partial charge in [-0.1, -0.05) is 13.0 Å². The molecular weight excluding hydrogens is 495 g/mol. The smallest absolute Gasteiger partial charge is 0.354 e. The molecule has 1 atom stereocenters. The van der Waals surface area contributed by atoms with Crippen LogP contribution in [-0.2, 0) is 6.18 Å². The van der Waals surface area contributed by atoms with Crippen LogP contribution in [0.5, 0.6) is 0 Å². The molecule has 1 fully saturated rings. The third-order valence-corrected chi connectivity index (χ3v) is 6.73. The van der Waals surface area contributed by atoms with E-state index in [1.807, 2.05) is 31.3 Å². The van der Waals surface area contributed by atoms with Gasteiger partial charge in [-0.15, -0.1) is 0 Å². The predicted octanol–water partition coefficient (Wildman–Crippen LogP) is 4.62. The second kappa shape index (κ2) is 10.3. The van der Waals surface area contributed by atoms with Crippen molar-refractivity contribution in [1.29, 1.82) is 5.26 Å². The lowest BCUT2D eigenvalue weighted by atomic mass is 10.1. The Morgan fingerprint density at radius 2 is 1.89 bits per heavy atom. The van der Waals surface area contributed by atoms with Crippen molar-refractivity contribution in [2.24, 2.45) is 0 Å². The number of aromatic nitrogens is 5. The van der Waals surface area contributed by atoms with E-state index >= 15 is 0 Å². The Bertz CT molecular complexity index is 1470. The van der Waals surface area contributed by atoms with Crippen LogP contribution in [0.25, 0.3) is 22.3 Å². The number of aromatic amines is 1. The molecule has 0 spiro atoms. The summed E-state index contributed by atoms with van der Waals surface area (Å²) in [4.78, 5) is 24.8. The summed E-state index contributed by atoms with van der Waals surface area (Å²) >= 11 is 0. The lowest BCUT2D eigenvalue weighted by Gasteiger charge is -2.33. The number of nitrogens with zero attached hydrogens (tertiary/aromatic N) is 7. The minimum atomic E-state index is -4.55. The van der Waals surface area contributed by atoms with Gasteiger partial charge in [0.05, 0.1) is 29.1 Å². The average molecular weight is 522 g/mol. The standard InChI is InChI=1S/C26H26F3N9/c1-3-21(16-4-5-22(31-12-16)38-8-6-37(2)7-9-38)35-25-34-13-17(11-30)23(36-25)20-15-33-24-19(20)10-18(14-32-24)26(27,28)29/h4-5,10,12-15,21H,3,6-9H2,1-2H3,(H,32,33)(H,34,35,36)/t21-/m0/s1. The number of rotatable bonds is 6. The van der Waals surface area contributed by atoms with E-state index in [1.165, 1.54) is 12.4 Å². The van der Waals surface area contributed by atoms with E-state index < -0.39 is 11.7 Å². The molecule has 5 heterocycles. The second-order valence-corrected chi connectivity index (χ2v) is 9.23. The van der Waals surface area contributed by atoms with E-state index in [2.05, 4.69) is 47.1 Å². The summed E-state index contributed by atoms with van der Waals surface area (Å²) in [6, 6.07) is 6.91. The summed E-state index contributed by atoms with van der Waals surface area (Å²) in [5.41, 5.74) is 1.03. The van der Waals surface area contributed by atoms with Gasteiger partial charge in [0.15, 0.2) is 0 Å². The van der Waals surface area contributed by atoms with Crippen molar-refractivity contribution in [3.63, 3.8) is 0 Å². The van der Waals surface area contributed by atoms with Gasteiger partial charge in [0, 0.05) is 55.7 Å². The maximum absolute atomic E-state index is 13.3. The average Bonchev–Trinajstić information content (AvgIpc) is 3.35. The first-order valence-electron chi connectivity index (χ1n) is 12.2. The van der Waals surface area contributed by atoms with E-state index in [0.29, 0.717) is 12.0 Å². The Kier molecular flexibility index (Phi) is 6.86. The highest BCUT2D eigenvalue weighted by atomic mass is 19.4. The maximum Gasteiger partial charge on any atom is 0.417 e. The summed E-state index contributed by atoms with van der Waals surface area (Å²) < 4.78 is 39.9. The Hall–Kier alpha value is -4.24. The van der Waals surface area contributed by atoms with Crippen molar-refractivity contribution < 1.29 is 13.2 Å². The molecule has 4 aromatic rings. The Balaban J connectivity index is 1.42. The number of nitriles is 1. The zero-order chi connectivity index (χ0) is 26.9. The number of fused-ring (bicyclic) bond motifs is 1. The van der Waals surface area contributed by atoms with Crippen molar-refractivity contribution in [3.8, 4) is 17.3 Å². The van der Waals surface area contributed by atoms with Gasteiger partial charge < -0.3 is 20.1 Å². The van der Waals surface area contributed by atoms with Crippen molar-refractivity contribution in [2.45, 2.75) is 25.6 Å². The Labute approximate surface area is 217 Å². The van der Waals surface area contributed by atoms with Crippen LogP contribution in [0, 0.1) is 11.3 Å². The number of hydrogen-bond donors (Lipinski definition) is 2. The molecule has 0 radical (unpaired) electrons. The first kappa shape index (κ1) is 25.4. The maximum atomic E-state index is 13.3. The molecule has 0 aromatic carbocycles. The van der Waals surface area contributed by atoms with E-state index in [0.717, 1.165) is 49.8 Å². The van der Waals surface area contributed by atoms with Crippen LogP contribution in [0.3, 0.4) is 0 Å². The molecule has 1 saturated heterocycles. The Morgan fingerprint density at radius 1 is 1.11 bits per heavy atom. The third kappa shape index (κ3) is 5.10. The zero-order valence-electron chi connectivity index (χ0n) is 20.9. The number of pyridine rings is 2. The van der Waals surface area contributed by atoms with Crippen molar-refractivity contribution in [1.82, 2.24) is 29.8 Å². The van der Waals surface area contributed by atoms with Gasteiger partial charge in [-0.25, -0.2) is 19.9 Å². The molecule has 12 heteroatoms. The quantitative estimate of drug-likeness (QED) is 0.378. The lowest BCUT2D eigenvalue weighted by Crippen LogP contribution is -2.44. The molecule has 0 amide bonds. The minimum absolute atomic E-state index is 0.139. The first-order valence-corrected chi connectivity index (χ1v) is 12.2. The summed E-state index contributed by atoms with van der Waals surface area (Å²) in [6.45, 7) is 5.85. The topological polar surface area (TPSA) is 110 Å². The molecule has 0 aliphatic carbocycles. The fraction of sp³-hybridized carbons (Fsp3) is 0.346. The minimum Gasteiger partial charge on any atom is -0.354 e. The SMILES string of the molecule is CC[C@H](Nc1ncc(C#N)c(-c2c[nH]c3ncc(C(F)(F)F)cc23)n1)c1ccc(N2CCN(C)CC2)nc1. The van der Waals surface area contributed by atoms with E-state index in [1.54, 1.807) is 0 Å². The number of likely N-dealkylation sites (N-methyl/N-ethyl adjacent to an activating group) is 1. The number of hydrogen-bond acceptors (Lipinski definition) is 8. The van der Waals surface area contributed by atoms with Gasteiger partial charge in [-0.2, -0.15) is 18.4 Å². The number of alkyl halides is 3. The van der Waals surface area contributed by atoms with E-state index in [4.69, 9.17) is 0 Å². The highest BCUT2D eigenvalue weighted by Crippen LogP contribution is 2.35. The van der Waals surface area contributed by atoms with Crippen LogP contribution in [0.4, 0.5) is 24.9 Å². The second-order valence-electron chi connectivity index (χ2n) is 9.23. The van der Waals surface area contributed by atoms with Crippen molar-refractivity contribution in [2.75, 3.05) is 43.4 Å². The molecule has 0 unspecified atom stereocenters. The number of piperazine rings is 1. The zero-order valence-corrected chi connectivity index (χ0v) is 20.9. The van der Waals surface area contributed by atoms with Gasteiger partial charge >= 0.3 is 6.18 Å². The summed E-state index contributed by atoms with van der Waals surface area (Å²) in [5.74, 6) is 1.18. The summed E-state index contributed by atoms with van der Waals surface area (Å²) in [5, 5.41) is 13.2. The predicted molar refractivity (Wildman–Crippen MR) is 137 cm³/mol. The van der Waals surface area contributed by atoms with E-state index in [9.17, 15) is 18.4 Å². The van der Waals surface area contributed by atoms with Gasteiger partial charge in [-0.05, 0) is 31.2 Å². The van der Waals surface area contributed by atoms with Gasteiger partial charge in [0.25, 0.3) is 0 Å². The number of halogens is 3. The molecule has 2 N–H and O–H groups in total. The largest absolute Gasteiger partial charge is 0.417 e. The monoisotopic (exact) mass is 521 g/mol. The molecule has 1 aliphatic rings. The van der Waals surface area contributed by atoms with Crippen LogP contribution in [-0.4, -0.2) is 63.0 Å². The molecule has 4 aromatic heterocycles. The van der Waals surface area contributed by atoms with Crippen molar-refractivity contribution in [3.05, 3.63) is 59.7 Å². The number of nitrogens with one attached hydrogen (secondary N) is 2. The molecule has 196 valence electrons. The molecule has 0 bridgehead atoms. The Morgan fingerprint density at radius 3 is 2.55 bits per heavy atom. The van der Waals surface area contributed by atoms with E-state index in [-0.39, 0.29) is 34.3 Å². The molecular formula is C26H26F3N9. The fourth-order valence-electron chi connectivity index (χ4n) is 4.50. The molecule has 0 saturated carbocycles. The fourth-order valence-corrected chi connectivity index (χ4v) is 4.50. The van der Waals surface area contributed by atoms with Gasteiger partial charge in [0.2, 0.25) is 5.95 Å². The van der Waals surface area contributed by atoms with Gasteiger partial charge in [-0.3, -0.25) is 0 Å². The summed E-state index contributed by atoms with van der Waals surface area (Å²) in [6.07, 6.45) is 1.64. The van der Waals surface area contributed by atoms with Crippen LogP contribution in [0.15, 0.2) is 43.0 Å². The molecule has 38 heavy (non-hydrogen) atoms. The first-order chi connectivity index (χ1) is 18.3. The van der Waals surface area contributed by atoms with Crippen LogP contribution >= 0.6 is 0 Å². The van der Waals surface area contributed by atoms with Crippen LogP contribution in [0.1, 0.15) is 36.1 Å². The van der Waals surface area contributed by atoms with Crippen LogP contribution in [0.2, 0.25) is 0 Å². The number of anilines is 2. The number of H-pyrrole nitrogens is 1. The van der Waals surface area contributed by atoms with Gasteiger partial charge in [0.1, 0.15) is 17.5 Å². The molecule has 9 nitrogen and oxygen atoms in total. The third-order valence-electron chi connectivity index (χ3n) is 6.73. The lowest BCUT2D eigenvalue weighted by molar-refractivity contribution is -0.137. The molecule has 5 rings (SSSR count). The van der Waals surface area contributed by atoms with Crippen molar-refractivity contribution >= 4 is 22.8 Å².